The van der Waals surface area contributed by atoms with Gasteiger partial charge in [-0.3, -0.25) is 0 Å². The van der Waals surface area contributed by atoms with Crippen molar-refractivity contribution >= 4 is 35.6 Å². The Kier molecular flexibility index (Phi) is 9.04. The second-order valence-electron chi connectivity index (χ2n) is 5.61. The van der Waals surface area contributed by atoms with Gasteiger partial charge in [0, 0.05) is 11.8 Å². The molecule has 2 rings (SSSR count). The Bertz CT molecular complexity index is 738. The molecule has 2 aromatic carbocycles. The van der Waals surface area contributed by atoms with Gasteiger partial charge in [-0.25, -0.2) is 4.99 Å². The van der Waals surface area contributed by atoms with Gasteiger partial charge in [-0.2, -0.15) is 0 Å². The summed E-state index contributed by atoms with van der Waals surface area (Å²) in [5.41, 5.74) is 7.81. The number of methoxy groups -OCH3 is 2. The number of nitrogens with zero attached hydrogens (tertiary/aromatic N) is 1. The summed E-state index contributed by atoms with van der Waals surface area (Å²) < 4.78 is 16.4. The van der Waals surface area contributed by atoms with Crippen LogP contribution < -0.4 is 25.3 Å². The molecule has 0 aromatic heterocycles. The third-order valence-corrected chi connectivity index (χ3v) is 3.60. The third-order valence-electron chi connectivity index (χ3n) is 3.60. The van der Waals surface area contributed by atoms with Crippen LogP contribution >= 0.6 is 24.0 Å². The molecule has 0 aliphatic heterocycles. The van der Waals surface area contributed by atoms with Gasteiger partial charge in [0.05, 0.1) is 20.8 Å². The smallest absolute Gasteiger partial charge is 0.193 e. The Labute approximate surface area is 171 Å². The maximum atomic E-state index is 5.95. The number of anilines is 1. The van der Waals surface area contributed by atoms with Crippen LogP contribution in [0.25, 0.3) is 0 Å². The molecular weight excluding hydrogens is 445 g/mol. The summed E-state index contributed by atoms with van der Waals surface area (Å²) in [5.74, 6) is 2.45. The van der Waals surface area contributed by atoms with E-state index in [1.165, 1.54) is 0 Å². The summed E-state index contributed by atoms with van der Waals surface area (Å²) >= 11 is 0. The van der Waals surface area contributed by atoms with Gasteiger partial charge < -0.3 is 25.3 Å². The van der Waals surface area contributed by atoms with Gasteiger partial charge >= 0.3 is 0 Å². The Balaban J connectivity index is 0.00000338. The first kappa shape index (κ1) is 21.9. The first-order chi connectivity index (χ1) is 12.0. The third kappa shape index (κ3) is 6.29. The van der Waals surface area contributed by atoms with Crippen molar-refractivity contribution in [2.45, 2.75) is 20.0 Å². The largest absolute Gasteiger partial charge is 0.493 e. The molecule has 0 radical (unpaired) electrons. The molecule has 0 saturated heterocycles. The van der Waals surface area contributed by atoms with Crippen molar-refractivity contribution in [1.82, 2.24) is 0 Å². The van der Waals surface area contributed by atoms with E-state index in [-0.39, 0.29) is 30.1 Å². The number of aliphatic imine (C=N–C) groups is 1. The van der Waals surface area contributed by atoms with Gasteiger partial charge in [-0.05, 0) is 37.6 Å². The van der Waals surface area contributed by atoms with Crippen LogP contribution in [0.1, 0.15) is 12.5 Å². The molecular formula is C19H26IN3O3. The zero-order valence-electron chi connectivity index (χ0n) is 15.5. The van der Waals surface area contributed by atoms with E-state index in [9.17, 15) is 0 Å². The van der Waals surface area contributed by atoms with E-state index in [0.717, 1.165) is 17.0 Å². The quantitative estimate of drug-likeness (QED) is 0.365. The molecule has 7 heteroatoms. The summed E-state index contributed by atoms with van der Waals surface area (Å²) in [6, 6.07) is 13.3. The van der Waals surface area contributed by atoms with Crippen molar-refractivity contribution in [2.75, 3.05) is 26.1 Å². The van der Waals surface area contributed by atoms with Gasteiger partial charge in [0.15, 0.2) is 17.5 Å². The average Bonchev–Trinajstić information content (AvgIpc) is 2.62. The number of nitrogens with one attached hydrogen (secondary N) is 1. The molecule has 0 aliphatic carbocycles. The number of benzene rings is 2. The highest BCUT2D eigenvalue weighted by molar-refractivity contribution is 14.0. The van der Waals surface area contributed by atoms with Crippen molar-refractivity contribution < 1.29 is 14.2 Å². The monoisotopic (exact) mass is 471 g/mol. The number of halogens is 1. The van der Waals surface area contributed by atoms with Crippen LogP contribution in [0, 0.1) is 6.92 Å². The van der Waals surface area contributed by atoms with Gasteiger partial charge in [-0.15, -0.1) is 24.0 Å². The standard InChI is InChI=1S/C19H25N3O3.HI/c1-13-7-5-6-8-16(13)25-14(2)12-21-19(20)22-15-9-10-17(23-3)18(11-15)24-4;/h5-11,14H,12H2,1-4H3,(H3,20,21,22);1H. The molecule has 3 N–H and O–H groups in total. The number of rotatable bonds is 7. The fraction of sp³-hybridized carbons (Fsp3) is 0.316. The van der Waals surface area contributed by atoms with Crippen LogP contribution in [0.5, 0.6) is 17.2 Å². The second-order valence-corrected chi connectivity index (χ2v) is 5.61. The molecule has 0 amide bonds. The maximum absolute atomic E-state index is 5.95. The highest BCUT2D eigenvalue weighted by atomic mass is 127. The lowest BCUT2D eigenvalue weighted by atomic mass is 10.2. The summed E-state index contributed by atoms with van der Waals surface area (Å²) in [5, 5.41) is 3.04. The minimum absolute atomic E-state index is 0. The molecule has 2 aromatic rings. The normalized spacial score (nSPS) is 11.9. The van der Waals surface area contributed by atoms with E-state index in [2.05, 4.69) is 10.3 Å². The SMILES string of the molecule is COc1ccc(NC(N)=NCC(C)Oc2ccccc2C)cc1OC.I. The molecule has 0 fully saturated rings. The van der Waals surface area contributed by atoms with Crippen LogP contribution in [-0.2, 0) is 0 Å². The number of aryl methyl sites for hydroxylation is 1. The van der Waals surface area contributed by atoms with Crippen LogP contribution in [0.2, 0.25) is 0 Å². The molecule has 0 spiro atoms. The predicted molar refractivity (Wildman–Crippen MR) is 116 cm³/mol. The summed E-state index contributed by atoms with van der Waals surface area (Å²) in [6.07, 6.45) is -0.0909. The zero-order valence-corrected chi connectivity index (χ0v) is 17.8. The topological polar surface area (TPSA) is 78.1 Å². The highest BCUT2D eigenvalue weighted by Gasteiger charge is 2.07. The Hall–Kier alpha value is -2.16. The van der Waals surface area contributed by atoms with Gasteiger partial charge in [0.1, 0.15) is 11.9 Å². The molecule has 0 aliphatic rings. The van der Waals surface area contributed by atoms with E-state index >= 15 is 0 Å². The summed E-state index contributed by atoms with van der Waals surface area (Å²) in [6.45, 7) is 4.42. The van der Waals surface area contributed by atoms with E-state index in [1.54, 1.807) is 26.4 Å². The van der Waals surface area contributed by atoms with E-state index in [0.29, 0.717) is 24.0 Å². The maximum Gasteiger partial charge on any atom is 0.193 e. The molecule has 26 heavy (non-hydrogen) atoms. The van der Waals surface area contributed by atoms with Gasteiger partial charge in [0.25, 0.3) is 0 Å². The van der Waals surface area contributed by atoms with Crippen LogP contribution in [0.4, 0.5) is 5.69 Å². The van der Waals surface area contributed by atoms with E-state index in [4.69, 9.17) is 19.9 Å². The molecule has 0 saturated carbocycles. The minimum atomic E-state index is -0.0909. The summed E-state index contributed by atoms with van der Waals surface area (Å²) in [4.78, 5) is 4.33. The van der Waals surface area contributed by atoms with Gasteiger partial charge in [0.2, 0.25) is 0 Å². The molecule has 0 heterocycles. The molecule has 6 nitrogen and oxygen atoms in total. The van der Waals surface area contributed by atoms with Crippen molar-refractivity contribution in [3.05, 3.63) is 48.0 Å². The van der Waals surface area contributed by atoms with Crippen LogP contribution in [0.3, 0.4) is 0 Å². The average molecular weight is 471 g/mol. The fourth-order valence-corrected chi connectivity index (χ4v) is 2.27. The van der Waals surface area contributed by atoms with E-state index in [1.807, 2.05) is 44.2 Å². The van der Waals surface area contributed by atoms with Crippen LogP contribution in [-0.4, -0.2) is 32.8 Å². The number of nitrogens with two attached hydrogens (primary N) is 1. The zero-order chi connectivity index (χ0) is 18.2. The number of hydrogen-bond acceptors (Lipinski definition) is 4. The lowest BCUT2D eigenvalue weighted by Crippen LogP contribution is -2.25. The highest BCUT2D eigenvalue weighted by Crippen LogP contribution is 2.29. The predicted octanol–water partition coefficient (Wildman–Crippen LogP) is 3.82. The van der Waals surface area contributed by atoms with E-state index < -0.39 is 0 Å². The second kappa shape index (κ2) is 10.7. The first-order valence-electron chi connectivity index (χ1n) is 8.04. The summed E-state index contributed by atoms with van der Waals surface area (Å²) in [7, 11) is 3.18. The Morgan fingerprint density at radius 1 is 1.08 bits per heavy atom. The number of hydrogen-bond donors (Lipinski definition) is 2. The lowest BCUT2D eigenvalue weighted by molar-refractivity contribution is 0.229. The lowest BCUT2D eigenvalue weighted by Gasteiger charge is -2.15. The fourth-order valence-electron chi connectivity index (χ4n) is 2.27. The number of para-hydroxylation sites is 1. The molecule has 142 valence electrons. The number of ether oxygens (including phenoxy) is 3. The van der Waals surface area contributed by atoms with Crippen molar-refractivity contribution in [2.24, 2.45) is 10.7 Å². The van der Waals surface area contributed by atoms with Crippen molar-refractivity contribution in [3.8, 4) is 17.2 Å². The van der Waals surface area contributed by atoms with Crippen molar-refractivity contribution in [3.63, 3.8) is 0 Å². The minimum Gasteiger partial charge on any atom is -0.493 e. The first-order valence-corrected chi connectivity index (χ1v) is 8.04. The van der Waals surface area contributed by atoms with Crippen molar-refractivity contribution in [1.29, 1.82) is 0 Å². The Morgan fingerprint density at radius 2 is 1.77 bits per heavy atom. The van der Waals surface area contributed by atoms with Gasteiger partial charge in [-0.1, -0.05) is 18.2 Å². The molecule has 0 bridgehead atoms. The van der Waals surface area contributed by atoms with Crippen LogP contribution in [0.15, 0.2) is 47.5 Å². The Morgan fingerprint density at radius 3 is 2.42 bits per heavy atom. The number of guanidine groups is 1. The molecule has 1 unspecified atom stereocenters. The molecule has 1 atom stereocenters.